The number of benzene rings is 1. The van der Waals surface area contributed by atoms with Gasteiger partial charge in [-0.25, -0.2) is 0 Å². The fourth-order valence-electron chi connectivity index (χ4n) is 3.99. The number of rotatable bonds is 2. The van der Waals surface area contributed by atoms with Crippen molar-refractivity contribution in [3.63, 3.8) is 0 Å². The largest absolute Gasteiger partial charge is 0.289 e. The topological polar surface area (TPSA) is 34.1 Å². The summed E-state index contributed by atoms with van der Waals surface area (Å²) >= 11 is 0. The summed E-state index contributed by atoms with van der Waals surface area (Å²) in [5.41, 5.74) is 7.08. The molecule has 0 spiro atoms. The Morgan fingerprint density at radius 1 is 0.562 bits per heavy atom. The second-order valence-electron chi connectivity index (χ2n) is 10.9. The number of hydrogen-bond donors (Lipinski definition) is 0. The molecule has 32 heavy (non-hydrogen) atoms. The summed E-state index contributed by atoms with van der Waals surface area (Å²) in [6.07, 6.45) is 12.2. The lowest BCUT2D eigenvalue weighted by molar-refractivity contribution is -0.114. The van der Waals surface area contributed by atoms with Gasteiger partial charge in [0, 0.05) is 11.1 Å². The quantitative estimate of drug-likeness (QED) is 0.492. The van der Waals surface area contributed by atoms with Gasteiger partial charge in [-0.2, -0.15) is 0 Å². The Kier molecular flexibility index (Phi) is 6.29. The highest BCUT2D eigenvalue weighted by Gasteiger charge is 2.33. The highest BCUT2D eigenvalue weighted by atomic mass is 16.1. The summed E-state index contributed by atoms with van der Waals surface area (Å²) in [6, 6.07) is 8.34. The minimum atomic E-state index is -0.213. The molecule has 0 amide bonds. The molecule has 1 aromatic rings. The van der Waals surface area contributed by atoms with Crippen LogP contribution in [-0.2, 0) is 9.59 Å². The van der Waals surface area contributed by atoms with Crippen molar-refractivity contribution in [1.82, 2.24) is 0 Å². The molecule has 0 saturated heterocycles. The normalized spacial score (nSPS) is 17.5. The predicted octanol–water partition coefficient (Wildman–Crippen LogP) is 7.46. The van der Waals surface area contributed by atoms with Crippen molar-refractivity contribution in [3.8, 4) is 0 Å². The van der Waals surface area contributed by atoms with Gasteiger partial charge >= 0.3 is 0 Å². The first-order chi connectivity index (χ1) is 14.8. The Hall–Kier alpha value is -3.00. The van der Waals surface area contributed by atoms with E-state index in [1.807, 2.05) is 38.2 Å². The first kappa shape index (κ1) is 23.7. The van der Waals surface area contributed by atoms with Gasteiger partial charge < -0.3 is 0 Å². The van der Waals surface area contributed by atoms with Crippen molar-refractivity contribution in [3.05, 3.63) is 93.1 Å². The van der Waals surface area contributed by atoms with E-state index in [1.54, 1.807) is 0 Å². The zero-order valence-corrected chi connectivity index (χ0v) is 20.6. The van der Waals surface area contributed by atoms with Crippen LogP contribution >= 0.6 is 0 Å². The lowest BCUT2D eigenvalue weighted by Crippen LogP contribution is -2.27. The molecule has 2 aliphatic carbocycles. The van der Waals surface area contributed by atoms with Crippen LogP contribution in [0.15, 0.2) is 82.0 Å². The summed E-state index contributed by atoms with van der Waals surface area (Å²) in [5.74, 6) is 0.266. The van der Waals surface area contributed by atoms with E-state index in [2.05, 4.69) is 78.0 Å². The summed E-state index contributed by atoms with van der Waals surface area (Å²) in [4.78, 5) is 25.1. The molecule has 166 valence electrons. The lowest BCUT2D eigenvalue weighted by Gasteiger charge is -2.31. The summed E-state index contributed by atoms with van der Waals surface area (Å²) in [7, 11) is 0. The molecule has 0 saturated carbocycles. The molecule has 0 heterocycles. The molecule has 0 N–H and O–H groups in total. The van der Waals surface area contributed by atoms with E-state index in [4.69, 9.17) is 0 Å². The Bertz CT molecular complexity index is 1080. The molecule has 0 radical (unpaired) electrons. The molecule has 0 unspecified atom stereocenters. The summed E-state index contributed by atoms with van der Waals surface area (Å²) in [6.45, 7) is 16.3. The van der Waals surface area contributed by atoms with Crippen LogP contribution < -0.4 is 0 Å². The molecular weight excluding hydrogens is 392 g/mol. The van der Waals surface area contributed by atoms with Gasteiger partial charge in [0.15, 0.2) is 11.6 Å². The van der Waals surface area contributed by atoms with Crippen LogP contribution in [0, 0.1) is 10.8 Å². The number of Topliss-reactive ketones (excluding diaryl/α,β-unsaturated/α-hetero) is 2. The van der Waals surface area contributed by atoms with Crippen LogP contribution in [0.25, 0.3) is 12.2 Å². The van der Waals surface area contributed by atoms with Gasteiger partial charge in [-0.1, -0.05) is 65.8 Å². The lowest BCUT2D eigenvalue weighted by atomic mass is 9.72. The number of hydrogen-bond acceptors (Lipinski definition) is 2. The van der Waals surface area contributed by atoms with Crippen molar-refractivity contribution in [2.75, 3.05) is 0 Å². The van der Waals surface area contributed by atoms with Crippen LogP contribution in [0.2, 0.25) is 0 Å². The van der Waals surface area contributed by atoms with E-state index in [0.29, 0.717) is 0 Å². The third-order valence-electron chi connectivity index (χ3n) is 5.81. The number of allylic oxidation sites excluding steroid dienone is 10. The van der Waals surface area contributed by atoms with Crippen LogP contribution in [-0.4, -0.2) is 11.6 Å². The van der Waals surface area contributed by atoms with Crippen LogP contribution in [0.4, 0.5) is 0 Å². The SMILES string of the molecule is CC1=CC(=Cc2ccc(C=C3C=C(C(C)(C)C)C(=O)C(C(C)(C)C)=C3)cc2)C=C(C)C1=O. The van der Waals surface area contributed by atoms with Crippen molar-refractivity contribution in [2.24, 2.45) is 10.8 Å². The zero-order valence-electron chi connectivity index (χ0n) is 20.6. The molecule has 1 aromatic carbocycles. The van der Waals surface area contributed by atoms with Gasteiger partial charge in [0.1, 0.15) is 0 Å². The fourth-order valence-corrected chi connectivity index (χ4v) is 3.99. The van der Waals surface area contributed by atoms with E-state index in [9.17, 15) is 9.59 Å². The van der Waals surface area contributed by atoms with Crippen molar-refractivity contribution < 1.29 is 9.59 Å². The Morgan fingerprint density at radius 2 is 0.906 bits per heavy atom. The maximum atomic E-state index is 13.1. The van der Waals surface area contributed by atoms with E-state index in [0.717, 1.165) is 44.6 Å². The second kappa shape index (κ2) is 8.50. The van der Waals surface area contributed by atoms with Gasteiger partial charge in [0.05, 0.1) is 0 Å². The van der Waals surface area contributed by atoms with Gasteiger partial charge in [-0.05, 0) is 94.6 Å². The van der Waals surface area contributed by atoms with E-state index in [-0.39, 0.29) is 22.4 Å². The maximum Gasteiger partial charge on any atom is 0.186 e. The second-order valence-corrected chi connectivity index (χ2v) is 10.9. The molecule has 0 aliphatic heterocycles. The Labute approximate surface area is 192 Å². The molecule has 0 fully saturated rings. The minimum Gasteiger partial charge on any atom is -0.289 e. The number of carbonyl (C=O) groups excluding carboxylic acids is 2. The molecule has 2 nitrogen and oxygen atoms in total. The van der Waals surface area contributed by atoms with Crippen molar-refractivity contribution >= 4 is 23.7 Å². The third-order valence-corrected chi connectivity index (χ3v) is 5.81. The molecule has 3 rings (SSSR count). The van der Waals surface area contributed by atoms with Crippen molar-refractivity contribution in [2.45, 2.75) is 55.4 Å². The number of ketones is 2. The zero-order chi connectivity index (χ0) is 23.8. The number of carbonyl (C=O) groups is 2. The van der Waals surface area contributed by atoms with Gasteiger partial charge in [-0.3, -0.25) is 9.59 Å². The Balaban J connectivity index is 1.95. The molecule has 0 aromatic heterocycles. The van der Waals surface area contributed by atoms with Gasteiger partial charge in [-0.15, -0.1) is 0 Å². The molecule has 2 heteroatoms. The summed E-state index contributed by atoms with van der Waals surface area (Å²) < 4.78 is 0. The smallest absolute Gasteiger partial charge is 0.186 e. The monoisotopic (exact) mass is 426 g/mol. The van der Waals surface area contributed by atoms with Crippen LogP contribution in [0.3, 0.4) is 0 Å². The van der Waals surface area contributed by atoms with E-state index >= 15 is 0 Å². The molecular formula is C30H34O2. The van der Waals surface area contributed by atoms with Crippen molar-refractivity contribution in [1.29, 1.82) is 0 Å². The minimum absolute atomic E-state index is 0.112. The first-order valence-corrected chi connectivity index (χ1v) is 11.2. The average molecular weight is 427 g/mol. The fraction of sp³-hybridized carbons (Fsp3) is 0.333. The van der Waals surface area contributed by atoms with Gasteiger partial charge in [0.2, 0.25) is 0 Å². The van der Waals surface area contributed by atoms with E-state index < -0.39 is 0 Å². The summed E-state index contributed by atoms with van der Waals surface area (Å²) in [5, 5.41) is 0. The molecule has 2 aliphatic rings. The third kappa shape index (κ3) is 5.24. The standard InChI is InChI=1S/C30H34O2/c1-19-13-23(14-20(2)27(19)31)15-21-9-11-22(12-10-21)16-24-17-25(29(3,4)5)28(32)26(18-24)30(6,7)8/h9-18H,1-8H3. The highest BCUT2D eigenvalue weighted by Crippen LogP contribution is 2.39. The Morgan fingerprint density at radius 3 is 1.25 bits per heavy atom. The molecule has 0 bridgehead atoms. The average Bonchev–Trinajstić information content (AvgIpc) is 2.67. The van der Waals surface area contributed by atoms with Crippen LogP contribution in [0.5, 0.6) is 0 Å². The predicted molar refractivity (Wildman–Crippen MR) is 135 cm³/mol. The van der Waals surface area contributed by atoms with E-state index in [1.165, 1.54) is 0 Å². The highest BCUT2D eigenvalue weighted by molar-refractivity contribution is 6.12. The maximum absolute atomic E-state index is 13.1. The molecule has 0 atom stereocenters. The van der Waals surface area contributed by atoms with Gasteiger partial charge in [0.25, 0.3) is 0 Å². The van der Waals surface area contributed by atoms with Crippen LogP contribution in [0.1, 0.15) is 66.5 Å². The first-order valence-electron chi connectivity index (χ1n) is 11.2.